The molecular formula is C11H17NO4S. The molecule has 0 aliphatic carbocycles. The van der Waals surface area contributed by atoms with E-state index in [0.29, 0.717) is 32.2 Å². The SMILES string of the molecule is COC(=O)CCCCN1C(=O)CC(SC)C1=O. The summed E-state index contributed by atoms with van der Waals surface area (Å²) in [7, 11) is 1.35. The highest BCUT2D eigenvalue weighted by Gasteiger charge is 2.37. The van der Waals surface area contributed by atoms with Crippen LogP contribution in [0.25, 0.3) is 0 Å². The Kier molecular flexibility index (Phi) is 5.47. The lowest BCUT2D eigenvalue weighted by atomic mass is 10.2. The number of nitrogens with zero attached hydrogens (tertiary/aromatic N) is 1. The Labute approximate surface area is 105 Å². The molecule has 96 valence electrons. The summed E-state index contributed by atoms with van der Waals surface area (Å²) in [6, 6.07) is 0. The van der Waals surface area contributed by atoms with E-state index >= 15 is 0 Å². The molecule has 0 bridgehead atoms. The predicted octanol–water partition coefficient (Wildman–Crippen LogP) is 0.820. The zero-order chi connectivity index (χ0) is 12.8. The van der Waals surface area contributed by atoms with Crippen molar-refractivity contribution in [2.75, 3.05) is 19.9 Å². The number of thioether (sulfide) groups is 1. The lowest BCUT2D eigenvalue weighted by Gasteiger charge is -2.13. The van der Waals surface area contributed by atoms with Crippen molar-refractivity contribution in [1.82, 2.24) is 4.90 Å². The van der Waals surface area contributed by atoms with Crippen LogP contribution in [0.5, 0.6) is 0 Å². The number of likely N-dealkylation sites (tertiary alicyclic amines) is 1. The van der Waals surface area contributed by atoms with Gasteiger partial charge in [0.05, 0.1) is 12.4 Å². The molecule has 1 unspecified atom stereocenters. The highest BCUT2D eigenvalue weighted by atomic mass is 32.2. The highest BCUT2D eigenvalue weighted by Crippen LogP contribution is 2.23. The van der Waals surface area contributed by atoms with Crippen molar-refractivity contribution < 1.29 is 19.1 Å². The molecule has 5 nitrogen and oxygen atoms in total. The summed E-state index contributed by atoms with van der Waals surface area (Å²) >= 11 is 1.41. The highest BCUT2D eigenvalue weighted by molar-refractivity contribution is 8.00. The van der Waals surface area contributed by atoms with Gasteiger partial charge in [0.1, 0.15) is 0 Å². The predicted molar refractivity (Wildman–Crippen MR) is 64.5 cm³/mol. The van der Waals surface area contributed by atoms with E-state index in [4.69, 9.17) is 0 Å². The summed E-state index contributed by atoms with van der Waals surface area (Å²) < 4.78 is 4.51. The second-order valence-electron chi connectivity index (χ2n) is 3.85. The molecule has 2 amide bonds. The number of carbonyl (C=O) groups is 3. The first-order valence-corrected chi connectivity index (χ1v) is 6.82. The third-order valence-electron chi connectivity index (χ3n) is 2.73. The second kappa shape index (κ2) is 6.64. The molecule has 17 heavy (non-hydrogen) atoms. The molecule has 1 aliphatic rings. The lowest BCUT2D eigenvalue weighted by molar-refractivity contribution is -0.140. The summed E-state index contributed by atoms with van der Waals surface area (Å²) in [6.07, 6.45) is 3.74. The maximum Gasteiger partial charge on any atom is 0.305 e. The van der Waals surface area contributed by atoms with Crippen LogP contribution in [0.2, 0.25) is 0 Å². The minimum atomic E-state index is -0.258. The average Bonchev–Trinajstić information content (AvgIpc) is 2.60. The van der Waals surface area contributed by atoms with E-state index in [9.17, 15) is 14.4 Å². The third kappa shape index (κ3) is 3.73. The second-order valence-corrected chi connectivity index (χ2v) is 4.89. The molecule has 0 aromatic heterocycles. The van der Waals surface area contributed by atoms with Gasteiger partial charge < -0.3 is 4.74 Å². The van der Waals surface area contributed by atoms with Crippen molar-refractivity contribution in [1.29, 1.82) is 0 Å². The number of unbranched alkanes of at least 4 members (excludes halogenated alkanes) is 1. The number of amides is 2. The van der Waals surface area contributed by atoms with Crippen LogP contribution in [0.1, 0.15) is 25.7 Å². The number of esters is 1. The summed E-state index contributed by atoms with van der Waals surface area (Å²) in [5.74, 6) is -0.459. The molecular weight excluding hydrogens is 242 g/mol. The maximum absolute atomic E-state index is 11.7. The van der Waals surface area contributed by atoms with Crippen LogP contribution in [0.15, 0.2) is 0 Å². The van der Waals surface area contributed by atoms with Crippen LogP contribution in [-0.4, -0.2) is 47.8 Å². The molecule has 1 fully saturated rings. The normalized spacial score (nSPS) is 19.9. The molecule has 0 spiro atoms. The van der Waals surface area contributed by atoms with Gasteiger partial charge in [0.25, 0.3) is 0 Å². The Hall–Kier alpha value is -1.04. The summed E-state index contributed by atoms with van der Waals surface area (Å²) in [5, 5.41) is -0.219. The number of hydrogen-bond donors (Lipinski definition) is 0. The minimum absolute atomic E-state index is 0.0967. The summed E-state index contributed by atoms with van der Waals surface area (Å²) in [6.45, 7) is 0.408. The number of methoxy groups -OCH3 is 1. The molecule has 0 radical (unpaired) electrons. The van der Waals surface area contributed by atoms with Crippen molar-refractivity contribution in [3.8, 4) is 0 Å². The van der Waals surface area contributed by atoms with E-state index in [-0.39, 0.29) is 23.0 Å². The van der Waals surface area contributed by atoms with Gasteiger partial charge >= 0.3 is 5.97 Å². The van der Waals surface area contributed by atoms with Gasteiger partial charge in [0, 0.05) is 19.4 Å². The van der Waals surface area contributed by atoms with Gasteiger partial charge in [0.2, 0.25) is 11.8 Å². The van der Waals surface area contributed by atoms with E-state index in [0.717, 1.165) is 0 Å². The van der Waals surface area contributed by atoms with E-state index in [1.807, 2.05) is 6.26 Å². The quantitative estimate of drug-likeness (QED) is 0.401. The molecule has 6 heteroatoms. The Balaban J connectivity index is 2.30. The number of ether oxygens (including phenoxy) is 1. The van der Waals surface area contributed by atoms with Gasteiger partial charge in [-0.3, -0.25) is 19.3 Å². The molecule has 1 aliphatic heterocycles. The van der Waals surface area contributed by atoms with Gasteiger partial charge in [-0.2, -0.15) is 11.8 Å². The zero-order valence-electron chi connectivity index (χ0n) is 10.1. The maximum atomic E-state index is 11.7. The molecule has 1 atom stereocenters. The largest absolute Gasteiger partial charge is 0.469 e. The van der Waals surface area contributed by atoms with E-state index in [2.05, 4.69) is 4.74 Å². The summed E-state index contributed by atoms with van der Waals surface area (Å²) in [4.78, 5) is 35.4. The first kappa shape index (κ1) is 14.0. The van der Waals surface area contributed by atoms with Crippen molar-refractivity contribution in [3.05, 3.63) is 0 Å². The van der Waals surface area contributed by atoms with Crippen molar-refractivity contribution in [2.45, 2.75) is 30.9 Å². The van der Waals surface area contributed by atoms with Crippen LogP contribution in [0.3, 0.4) is 0 Å². The lowest BCUT2D eigenvalue weighted by Crippen LogP contribution is -2.32. The fraction of sp³-hybridized carbons (Fsp3) is 0.727. The zero-order valence-corrected chi connectivity index (χ0v) is 10.9. The Morgan fingerprint density at radius 1 is 1.47 bits per heavy atom. The standard InChI is InChI=1S/C11H17NO4S/c1-16-10(14)5-3-4-6-12-9(13)7-8(17-2)11(12)15/h8H,3-7H2,1-2H3. The van der Waals surface area contributed by atoms with E-state index in [1.165, 1.54) is 23.8 Å². The number of hydrogen-bond acceptors (Lipinski definition) is 5. The summed E-state index contributed by atoms with van der Waals surface area (Å²) in [5.41, 5.74) is 0. The fourth-order valence-electron chi connectivity index (χ4n) is 1.71. The molecule has 0 saturated carbocycles. The molecule has 1 heterocycles. The topological polar surface area (TPSA) is 63.7 Å². The van der Waals surface area contributed by atoms with Gasteiger partial charge in [-0.25, -0.2) is 0 Å². The molecule has 1 saturated heterocycles. The van der Waals surface area contributed by atoms with Gasteiger partial charge in [-0.1, -0.05) is 0 Å². The Morgan fingerprint density at radius 2 is 2.18 bits per heavy atom. The average molecular weight is 259 g/mol. The third-order valence-corrected chi connectivity index (χ3v) is 3.66. The smallest absolute Gasteiger partial charge is 0.305 e. The number of imide groups is 1. The molecule has 0 N–H and O–H groups in total. The Morgan fingerprint density at radius 3 is 2.71 bits per heavy atom. The first-order valence-electron chi connectivity index (χ1n) is 5.54. The van der Waals surface area contributed by atoms with E-state index in [1.54, 1.807) is 0 Å². The van der Waals surface area contributed by atoms with Crippen LogP contribution >= 0.6 is 11.8 Å². The van der Waals surface area contributed by atoms with Gasteiger partial charge in [-0.05, 0) is 19.1 Å². The molecule has 0 aromatic carbocycles. The number of carbonyl (C=O) groups excluding carboxylic acids is 3. The Bertz CT molecular complexity index is 319. The van der Waals surface area contributed by atoms with Crippen LogP contribution < -0.4 is 0 Å². The minimum Gasteiger partial charge on any atom is -0.469 e. The van der Waals surface area contributed by atoms with Crippen molar-refractivity contribution in [3.63, 3.8) is 0 Å². The van der Waals surface area contributed by atoms with Crippen molar-refractivity contribution >= 4 is 29.5 Å². The van der Waals surface area contributed by atoms with E-state index < -0.39 is 0 Å². The first-order chi connectivity index (χ1) is 8.10. The fourth-order valence-corrected chi connectivity index (χ4v) is 2.35. The van der Waals surface area contributed by atoms with Gasteiger partial charge in [-0.15, -0.1) is 0 Å². The van der Waals surface area contributed by atoms with Gasteiger partial charge in [0.15, 0.2) is 0 Å². The van der Waals surface area contributed by atoms with Crippen molar-refractivity contribution in [2.24, 2.45) is 0 Å². The monoisotopic (exact) mass is 259 g/mol. The van der Waals surface area contributed by atoms with Crippen LogP contribution in [-0.2, 0) is 19.1 Å². The van der Waals surface area contributed by atoms with Crippen LogP contribution in [0.4, 0.5) is 0 Å². The molecule has 1 rings (SSSR count). The number of rotatable bonds is 6. The van der Waals surface area contributed by atoms with Crippen LogP contribution in [0, 0.1) is 0 Å². The molecule has 0 aromatic rings.